The molecular weight excluding hydrogens is 318 g/mol. The molecule has 3 aliphatic rings. The van der Waals surface area contributed by atoms with E-state index in [0.29, 0.717) is 24.3 Å². The van der Waals surface area contributed by atoms with Gasteiger partial charge in [-0.05, 0) is 31.6 Å². The topological polar surface area (TPSA) is 79.4 Å². The molecule has 1 saturated carbocycles. The average molecular weight is 345 g/mol. The van der Waals surface area contributed by atoms with Crippen molar-refractivity contribution in [2.75, 3.05) is 32.8 Å². The van der Waals surface area contributed by atoms with Crippen LogP contribution in [0.15, 0.2) is 12.4 Å². The van der Waals surface area contributed by atoms with E-state index in [2.05, 4.69) is 20.8 Å². The Kier molecular flexibility index (Phi) is 5.12. The molecule has 2 N–H and O–H groups in total. The van der Waals surface area contributed by atoms with Gasteiger partial charge in [0.1, 0.15) is 6.33 Å². The molecule has 0 aromatic carbocycles. The average Bonchev–Trinajstić information content (AvgIpc) is 3.13. The van der Waals surface area contributed by atoms with Crippen LogP contribution < -0.4 is 15.6 Å². The lowest BCUT2D eigenvalue weighted by Crippen LogP contribution is -2.43. The fourth-order valence-electron chi connectivity index (χ4n) is 3.78. The zero-order valence-electron chi connectivity index (χ0n) is 14.6. The Morgan fingerprint density at radius 1 is 1.16 bits per heavy atom. The Balaban J connectivity index is 1.23. The van der Waals surface area contributed by atoms with Crippen molar-refractivity contribution in [2.45, 2.75) is 38.0 Å². The maximum absolute atomic E-state index is 12.4. The largest absolute Gasteiger partial charge is 0.477 e. The number of piperidine rings is 1. The lowest BCUT2D eigenvalue weighted by atomic mass is 9.83. The van der Waals surface area contributed by atoms with E-state index in [9.17, 15) is 4.79 Å². The number of carbonyl (C=O) groups is 1. The first-order valence-electron chi connectivity index (χ1n) is 9.49. The summed E-state index contributed by atoms with van der Waals surface area (Å²) in [5.74, 6) is 2.14. The first kappa shape index (κ1) is 16.7. The fraction of sp³-hybridized carbons (Fsp3) is 0.722. The molecule has 1 amide bonds. The summed E-state index contributed by atoms with van der Waals surface area (Å²) in [5, 5.41) is 0. The molecule has 3 fully saturated rings. The van der Waals surface area contributed by atoms with Crippen LogP contribution in [-0.2, 0) is 4.79 Å². The molecule has 2 aliphatic heterocycles. The highest BCUT2D eigenvalue weighted by molar-refractivity contribution is 5.79. The van der Waals surface area contributed by atoms with Crippen LogP contribution in [0.5, 0.6) is 5.88 Å². The molecule has 25 heavy (non-hydrogen) atoms. The van der Waals surface area contributed by atoms with Gasteiger partial charge in [0.2, 0.25) is 11.8 Å². The Bertz CT molecular complexity index is 593. The van der Waals surface area contributed by atoms with Crippen molar-refractivity contribution in [1.82, 2.24) is 25.7 Å². The molecule has 7 nitrogen and oxygen atoms in total. The van der Waals surface area contributed by atoms with Crippen molar-refractivity contribution >= 4 is 5.91 Å². The van der Waals surface area contributed by atoms with Crippen LogP contribution >= 0.6 is 0 Å². The molecule has 3 heterocycles. The number of amides is 1. The van der Waals surface area contributed by atoms with Gasteiger partial charge in [0.15, 0.2) is 0 Å². The zero-order valence-corrected chi connectivity index (χ0v) is 14.6. The van der Waals surface area contributed by atoms with Gasteiger partial charge in [0, 0.05) is 38.2 Å². The van der Waals surface area contributed by atoms with Crippen LogP contribution in [0.2, 0.25) is 0 Å². The smallest absolute Gasteiger partial charge is 0.228 e. The van der Waals surface area contributed by atoms with E-state index in [0.717, 1.165) is 44.7 Å². The maximum atomic E-state index is 12.4. The third-order valence-electron chi connectivity index (χ3n) is 5.75. The van der Waals surface area contributed by atoms with Crippen molar-refractivity contribution in [2.24, 2.45) is 11.8 Å². The van der Waals surface area contributed by atoms with Gasteiger partial charge in [-0.15, -0.1) is 0 Å². The van der Waals surface area contributed by atoms with Gasteiger partial charge in [0.05, 0.1) is 18.2 Å². The number of carbonyl (C=O) groups excluding carboxylic acids is 1. The van der Waals surface area contributed by atoms with Crippen LogP contribution in [0, 0.1) is 11.8 Å². The second-order valence-corrected chi connectivity index (χ2v) is 7.45. The lowest BCUT2D eigenvalue weighted by molar-refractivity contribution is -0.136. The normalized spacial score (nSPS) is 22.8. The number of nitrogens with zero attached hydrogens (tertiary/aromatic N) is 3. The van der Waals surface area contributed by atoms with Crippen molar-refractivity contribution in [3.05, 3.63) is 18.1 Å². The number of ether oxygens (including phenoxy) is 1. The molecule has 4 rings (SSSR count). The van der Waals surface area contributed by atoms with Crippen molar-refractivity contribution < 1.29 is 9.53 Å². The Hall–Kier alpha value is -1.73. The molecule has 1 aromatic rings. The first-order valence-corrected chi connectivity index (χ1v) is 9.49. The predicted molar refractivity (Wildman–Crippen MR) is 92.9 cm³/mol. The van der Waals surface area contributed by atoms with Gasteiger partial charge in [0.25, 0.3) is 0 Å². The van der Waals surface area contributed by atoms with E-state index in [1.807, 2.05) is 11.0 Å². The van der Waals surface area contributed by atoms with E-state index in [1.165, 1.54) is 19.3 Å². The van der Waals surface area contributed by atoms with Gasteiger partial charge in [-0.1, -0.05) is 6.42 Å². The van der Waals surface area contributed by atoms with Crippen LogP contribution in [0.4, 0.5) is 0 Å². The minimum atomic E-state index is 0.0822. The number of nitrogens with one attached hydrogen (secondary N) is 2. The number of rotatable bonds is 5. The second kappa shape index (κ2) is 7.66. The van der Waals surface area contributed by atoms with Crippen LogP contribution in [0.25, 0.3) is 0 Å². The molecule has 1 aromatic heterocycles. The highest BCUT2D eigenvalue weighted by Crippen LogP contribution is 2.35. The number of hydrazine groups is 1. The Morgan fingerprint density at radius 3 is 2.60 bits per heavy atom. The summed E-state index contributed by atoms with van der Waals surface area (Å²) in [6.45, 7) is 3.81. The standard InChI is InChI=1S/C18H27N5O2/c24-18(15-9-21-22-10-15)23-6-4-13(5-7-23)11-25-17-8-16(19-12-20-17)14-2-1-3-14/h8,12-15,21-22H,1-7,9-11H2. The molecule has 0 atom stereocenters. The van der Waals surface area contributed by atoms with Crippen molar-refractivity contribution in [1.29, 1.82) is 0 Å². The van der Waals surface area contributed by atoms with Crippen molar-refractivity contribution in [3.63, 3.8) is 0 Å². The number of hydrogen-bond donors (Lipinski definition) is 2. The summed E-state index contributed by atoms with van der Waals surface area (Å²) in [6.07, 6.45) is 7.38. The molecule has 7 heteroatoms. The summed E-state index contributed by atoms with van der Waals surface area (Å²) in [4.78, 5) is 23.1. The van der Waals surface area contributed by atoms with Gasteiger partial charge in [-0.25, -0.2) is 9.97 Å². The lowest BCUT2D eigenvalue weighted by Gasteiger charge is -2.33. The SMILES string of the molecule is O=C(C1CNNC1)N1CCC(COc2cc(C3CCC3)ncn2)CC1. The number of hydrogen-bond acceptors (Lipinski definition) is 6. The molecule has 0 bridgehead atoms. The number of aromatic nitrogens is 2. The van der Waals surface area contributed by atoms with E-state index in [-0.39, 0.29) is 11.8 Å². The summed E-state index contributed by atoms with van der Waals surface area (Å²) in [5.41, 5.74) is 7.18. The van der Waals surface area contributed by atoms with E-state index >= 15 is 0 Å². The van der Waals surface area contributed by atoms with Crippen molar-refractivity contribution in [3.8, 4) is 5.88 Å². The molecule has 1 aliphatic carbocycles. The summed E-state index contributed by atoms with van der Waals surface area (Å²) < 4.78 is 5.93. The van der Waals surface area contributed by atoms with Gasteiger partial charge < -0.3 is 9.64 Å². The Morgan fingerprint density at radius 2 is 1.92 bits per heavy atom. The van der Waals surface area contributed by atoms with E-state index in [1.54, 1.807) is 6.33 Å². The molecule has 0 unspecified atom stereocenters. The fourth-order valence-corrected chi connectivity index (χ4v) is 3.78. The van der Waals surface area contributed by atoms with Gasteiger partial charge >= 0.3 is 0 Å². The van der Waals surface area contributed by atoms with Gasteiger partial charge in [-0.3, -0.25) is 15.6 Å². The third kappa shape index (κ3) is 3.93. The van der Waals surface area contributed by atoms with Crippen LogP contribution in [-0.4, -0.2) is 53.6 Å². The minimum absolute atomic E-state index is 0.0822. The molecule has 0 radical (unpaired) electrons. The van der Waals surface area contributed by atoms with E-state index in [4.69, 9.17) is 4.74 Å². The zero-order chi connectivity index (χ0) is 17.1. The molecule has 136 valence electrons. The molecular formula is C18H27N5O2. The van der Waals surface area contributed by atoms with Crippen LogP contribution in [0.1, 0.15) is 43.7 Å². The number of likely N-dealkylation sites (tertiary alicyclic amines) is 1. The quantitative estimate of drug-likeness (QED) is 0.832. The van der Waals surface area contributed by atoms with E-state index < -0.39 is 0 Å². The summed E-state index contributed by atoms with van der Waals surface area (Å²) in [7, 11) is 0. The third-order valence-corrected chi connectivity index (χ3v) is 5.75. The maximum Gasteiger partial charge on any atom is 0.228 e. The summed E-state index contributed by atoms with van der Waals surface area (Å²) >= 11 is 0. The van der Waals surface area contributed by atoms with Gasteiger partial charge in [-0.2, -0.15) is 0 Å². The Labute approximate surface area is 148 Å². The first-order chi connectivity index (χ1) is 12.3. The molecule has 0 spiro atoms. The molecule has 2 saturated heterocycles. The van der Waals surface area contributed by atoms with Crippen LogP contribution in [0.3, 0.4) is 0 Å². The highest BCUT2D eigenvalue weighted by Gasteiger charge is 2.30. The minimum Gasteiger partial charge on any atom is -0.477 e. The predicted octanol–water partition coefficient (Wildman–Crippen LogP) is 1.09. The summed E-state index contributed by atoms with van der Waals surface area (Å²) in [6, 6.07) is 2.00. The second-order valence-electron chi connectivity index (χ2n) is 7.45. The monoisotopic (exact) mass is 345 g/mol. The highest BCUT2D eigenvalue weighted by atomic mass is 16.5.